The van der Waals surface area contributed by atoms with Gasteiger partial charge in [-0.3, -0.25) is 0 Å². The van der Waals surface area contributed by atoms with E-state index in [1.807, 2.05) is 19.1 Å². The van der Waals surface area contributed by atoms with Crippen LogP contribution in [0.3, 0.4) is 0 Å². The van der Waals surface area contributed by atoms with Gasteiger partial charge in [0.15, 0.2) is 0 Å². The molecule has 76 valence electrons. The zero-order valence-corrected chi connectivity index (χ0v) is 8.19. The van der Waals surface area contributed by atoms with Gasteiger partial charge in [-0.25, -0.2) is 4.79 Å². The van der Waals surface area contributed by atoms with E-state index in [4.69, 9.17) is 9.84 Å². The van der Waals surface area contributed by atoms with Crippen LogP contribution in [0.15, 0.2) is 24.3 Å². The number of aliphatic hydroxyl groups is 1. The lowest BCUT2D eigenvalue weighted by atomic mass is 10.1. The summed E-state index contributed by atoms with van der Waals surface area (Å²) in [6, 6.07) is 7.30. The Morgan fingerprint density at radius 2 is 2.29 bits per heavy atom. The molecule has 0 fully saturated rings. The van der Waals surface area contributed by atoms with Crippen LogP contribution in [0.4, 0.5) is 0 Å². The van der Waals surface area contributed by atoms with Gasteiger partial charge in [0, 0.05) is 0 Å². The predicted octanol–water partition coefficient (Wildman–Crippen LogP) is 1.40. The van der Waals surface area contributed by atoms with Crippen LogP contribution in [0.25, 0.3) is 0 Å². The van der Waals surface area contributed by atoms with E-state index in [-0.39, 0.29) is 19.2 Å². The van der Waals surface area contributed by atoms with Crippen molar-refractivity contribution in [1.29, 1.82) is 0 Å². The minimum absolute atomic E-state index is 0.0508. The molecule has 0 aliphatic rings. The van der Waals surface area contributed by atoms with E-state index in [2.05, 4.69) is 0 Å². The van der Waals surface area contributed by atoms with Crippen molar-refractivity contribution in [2.75, 3.05) is 13.2 Å². The Morgan fingerprint density at radius 1 is 1.50 bits per heavy atom. The van der Waals surface area contributed by atoms with E-state index >= 15 is 0 Å². The maximum Gasteiger partial charge on any atom is 0.338 e. The number of carbonyl (C=O) groups excluding carboxylic acids is 1. The van der Waals surface area contributed by atoms with Crippen molar-refractivity contribution in [3.05, 3.63) is 35.4 Å². The van der Waals surface area contributed by atoms with Crippen LogP contribution in [0.2, 0.25) is 0 Å². The lowest BCUT2D eigenvalue weighted by Crippen LogP contribution is -2.08. The second-order valence-corrected chi connectivity index (χ2v) is 2.91. The molecule has 0 aromatic heterocycles. The van der Waals surface area contributed by atoms with Gasteiger partial charge in [0.1, 0.15) is 6.61 Å². The molecule has 0 saturated heterocycles. The third-order valence-electron chi connectivity index (χ3n) is 1.90. The van der Waals surface area contributed by atoms with Gasteiger partial charge < -0.3 is 9.84 Å². The van der Waals surface area contributed by atoms with Crippen LogP contribution in [0.1, 0.15) is 22.8 Å². The molecule has 0 radical (unpaired) electrons. The predicted molar refractivity (Wildman–Crippen MR) is 53.2 cm³/mol. The highest BCUT2D eigenvalue weighted by molar-refractivity contribution is 5.89. The Hall–Kier alpha value is -1.35. The topological polar surface area (TPSA) is 46.5 Å². The van der Waals surface area contributed by atoms with Crippen LogP contribution in [0.5, 0.6) is 0 Å². The zero-order chi connectivity index (χ0) is 10.4. The molecule has 0 aliphatic carbocycles. The minimum atomic E-state index is -0.380. The van der Waals surface area contributed by atoms with Crippen molar-refractivity contribution in [3.63, 3.8) is 0 Å². The summed E-state index contributed by atoms with van der Waals surface area (Å²) in [5.74, 6) is -0.380. The molecule has 0 heterocycles. The van der Waals surface area contributed by atoms with Crippen molar-refractivity contribution < 1.29 is 14.6 Å². The molecule has 0 saturated carbocycles. The Balaban J connectivity index is 2.69. The lowest BCUT2D eigenvalue weighted by molar-refractivity contribution is 0.0433. The first-order chi connectivity index (χ1) is 6.77. The van der Waals surface area contributed by atoms with Crippen LogP contribution < -0.4 is 0 Å². The van der Waals surface area contributed by atoms with Crippen molar-refractivity contribution in [2.24, 2.45) is 0 Å². The molecule has 3 nitrogen and oxygen atoms in total. The molecule has 0 aliphatic heterocycles. The molecule has 0 amide bonds. The fourth-order valence-electron chi connectivity index (χ4n) is 1.14. The quantitative estimate of drug-likeness (QED) is 0.737. The Bertz CT molecular complexity index is 307. The van der Waals surface area contributed by atoms with E-state index in [0.717, 1.165) is 12.0 Å². The van der Waals surface area contributed by atoms with E-state index < -0.39 is 0 Å². The Morgan fingerprint density at radius 3 is 2.93 bits per heavy atom. The molecular formula is C11H14O3. The highest BCUT2D eigenvalue weighted by Crippen LogP contribution is 2.07. The number of esters is 1. The highest BCUT2D eigenvalue weighted by atomic mass is 16.5. The first kappa shape index (κ1) is 10.7. The number of ether oxygens (including phenoxy) is 1. The second kappa shape index (κ2) is 5.40. The second-order valence-electron chi connectivity index (χ2n) is 2.91. The number of hydrogen-bond donors (Lipinski definition) is 1. The van der Waals surface area contributed by atoms with Crippen LogP contribution in [0, 0.1) is 0 Å². The molecule has 0 bridgehead atoms. The number of hydrogen-bond acceptors (Lipinski definition) is 3. The normalized spacial score (nSPS) is 9.86. The summed E-state index contributed by atoms with van der Waals surface area (Å²) in [6.45, 7) is 1.94. The van der Waals surface area contributed by atoms with Gasteiger partial charge in [-0.05, 0) is 24.1 Å². The average molecular weight is 194 g/mol. The van der Waals surface area contributed by atoms with Gasteiger partial charge in [-0.15, -0.1) is 0 Å². The third-order valence-corrected chi connectivity index (χ3v) is 1.90. The maximum atomic E-state index is 11.3. The zero-order valence-electron chi connectivity index (χ0n) is 8.19. The number of aryl methyl sites for hydroxylation is 1. The van der Waals surface area contributed by atoms with E-state index in [9.17, 15) is 4.79 Å². The molecule has 3 heteroatoms. The number of rotatable bonds is 4. The van der Waals surface area contributed by atoms with Gasteiger partial charge in [0.25, 0.3) is 0 Å². The van der Waals surface area contributed by atoms with Crippen LogP contribution >= 0.6 is 0 Å². The van der Waals surface area contributed by atoms with Gasteiger partial charge in [-0.2, -0.15) is 0 Å². The van der Waals surface area contributed by atoms with Crippen LogP contribution in [-0.2, 0) is 11.2 Å². The molecule has 0 spiro atoms. The molecular weight excluding hydrogens is 180 g/mol. The highest BCUT2D eigenvalue weighted by Gasteiger charge is 2.06. The maximum absolute atomic E-state index is 11.3. The van der Waals surface area contributed by atoms with Crippen molar-refractivity contribution in [2.45, 2.75) is 13.3 Å². The number of carbonyl (C=O) groups is 1. The summed E-state index contributed by atoms with van der Waals surface area (Å²) in [4.78, 5) is 11.3. The summed E-state index contributed by atoms with van der Waals surface area (Å²) in [5, 5.41) is 8.49. The van der Waals surface area contributed by atoms with Crippen molar-refractivity contribution >= 4 is 5.97 Å². The molecule has 1 N–H and O–H groups in total. The molecule has 1 rings (SSSR count). The summed E-state index contributed by atoms with van der Waals surface area (Å²) in [5.41, 5.74) is 1.64. The smallest absolute Gasteiger partial charge is 0.338 e. The molecule has 14 heavy (non-hydrogen) atoms. The minimum Gasteiger partial charge on any atom is -0.460 e. The fraction of sp³-hybridized carbons (Fsp3) is 0.364. The van der Waals surface area contributed by atoms with E-state index in [1.165, 1.54) is 0 Å². The molecule has 1 aromatic rings. The van der Waals surface area contributed by atoms with E-state index in [0.29, 0.717) is 5.56 Å². The van der Waals surface area contributed by atoms with Crippen LogP contribution in [-0.4, -0.2) is 24.3 Å². The lowest BCUT2D eigenvalue weighted by Gasteiger charge is -2.03. The summed E-state index contributed by atoms with van der Waals surface area (Å²) in [6.07, 6.45) is 0.890. The first-order valence-electron chi connectivity index (χ1n) is 4.65. The van der Waals surface area contributed by atoms with Crippen molar-refractivity contribution in [1.82, 2.24) is 0 Å². The first-order valence-corrected chi connectivity index (χ1v) is 4.65. The molecule has 0 atom stereocenters. The van der Waals surface area contributed by atoms with E-state index in [1.54, 1.807) is 12.1 Å². The Kier molecular flexibility index (Phi) is 4.13. The fourth-order valence-corrected chi connectivity index (χ4v) is 1.14. The van der Waals surface area contributed by atoms with Gasteiger partial charge in [0.05, 0.1) is 12.2 Å². The van der Waals surface area contributed by atoms with Crippen molar-refractivity contribution in [3.8, 4) is 0 Å². The summed E-state index contributed by atoms with van der Waals surface area (Å²) in [7, 11) is 0. The van der Waals surface area contributed by atoms with Gasteiger partial charge in [0.2, 0.25) is 0 Å². The van der Waals surface area contributed by atoms with Gasteiger partial charge in [-0.1, -0.05) is 19.1 Å². The average Bonchev–Trinajstić information content (AvgIpc) is 2.26. The number of aliphatic hydroxyl groups excluding tert-OH is 1. The summed E-state index contributed by atoms with van der Waals surface area (Å²) >= 11 is 0. The molecule has 1 aromatic carbocycles. The monoisotopic (exact) mass is 194 g/mol. The summed E-state index contributed by atoms with van der Waals surface area (Å²) < 4.78 is 4.79. The molecule has 0 unspecified atom stereocenters. The third kappa shape index (κ3) is 2.85. The SMILES string of the molecule is CCc1cccc(C(=O)OCCO)c1. The standard InChI is InChI=1S/C11H14O3/c1-2-9-4-3-5-10(8-9)11(13)14-7-6-12/h3-5,8,12H,2,6-7H2,1H3. The Labute approximate surface area is 83.3 Å². The van der Waals surface area contributed by atoms with Gasteiger partial charge >= 0.3 is 5.97 Å². The largest absolute Gasteiger partial charge is 0.460 e. The number of benzene rings is 1.